The Balaban J connectivity index is 1.89. The zero-order chi connectivity index (χ0) is 9.80. The van der Waals surface area contributed by atoms with Gasteiger partial charge in [0.2, 0.25) is 0 Å². The van der Waals surface area contributed by atoms with Crippen molar-refractivity contribution in [3.05, 3.63) is 11.2 Å². The fourth-order valence-corrected chi connectivity index (χ4v) is 4.35. The van der Waals surface area contributed by atoms with Crippen molar-refractivity contribution >= 4 is 23.1 Å². The summed E-state index contributed by atoms with van der Waals surface area (Å²) in [5, 5.41) is 2.15. The minimum absolute atomic E-state index is 0.869. The molecule has 1 saturated carbocycles. The van der Waals surface area contributed by atoms with Crippen LogP contribution in [0.1, 0.15) is 44.0 Å². The van der Waals surface area contributed by atoms with Gasteiger partial charge in [-0.05, 0) is 19.3 Å². The molecule has 78 valence electrons. The van der Waals surface area contributed by atoms with Gasteiger partial charge in [0.1, 0.15) is 0 Å². The number of hydrogen-bond donors (Lipinski definition) is 0. The molecule has 0 radical (unpaired) electrons. The van der Waals surface area contributed by atoms with E-state index in [-0.39, 0.29) is 0 Å². The van der Waals surface area contributed by atoms with Gasteiger partial charge in [-0.1, -0.05) is 26.2 Å². The van der Waals surface area contributed by atoms with E-state index in [1.54, 1.807) is 0 Å². The maximum Gasteiger partial charge on any atom is 0.0933 e. The van der Waals surface area contributed by atoms with E-state index in [0.717, 1.165) is 11.7 Å². The molecule has 1 heterocycles. The van der Waals surface area contributed by atoms with Crippen molar-refractivity contribution in [2.45, 2.75) is 54.9 Å². The van der Waals surface area contributed by atoms with E-state index in [1.807, 2.05) is 11.3 Å². The second kappa shape index (κ2) is 5.17. The van der Waals surface area contributed by atoms with Crippen LogP contribution >= 0.6 is 23.1 Å². The minimum Gasteiger partial charge on any atom is -0.249 e. The van der Waals surface area contributed by atoms with Crippen LogP contribution in [0, 0.1) is 0 Å². The van der Waals surface area contributed by atoms with Gasteiger partial charge in [-0.2, -0.15) is 0 Å². The van der Waals surface area contributed by atoms with Crippen molar-refractivity contribution in [3.8, 4) is 0 Å². The third kappa shape index (κ3) is 2.74. The van der Waals surface area contributed by atoms with Crippen LogP contribution in [0.5, 0.6) is 0 Å². The third-order valence-corrected chi connectivity index (χ3v) is 5.29. The molecule has 0 atom stereocenters. The van der Waals surface area contributed by atoms with Crippen LogP contribution in [0.3, 0.4) is 0 Å². The zero-order valence-corrected chi connectivity index (χ0v) is 10.3. The highest BCUT2D eigenvalue weighted by molar-refractivity contribution is 8.01. The monoisotopic (exact) mass is 227 g/mol. The van der Waals surface area contributed by atoms with E-state index < -0.39 is 0 Å². The standard InChI is InChI=1S/C11H17NS2/c1-2-10-12-8-11(14-10)13-9-6-4-3-5-7-9/h8-9H,2-7H2,1H3. The van der Waals surface area contributed by atoms with E-state index in [1.165, 1.54) is 41.3 Å². The Morgan fingerprint density at radius 2 is 2.21 bits per heavy atom. The molecule has 3 heteroatoms. The lowest BCUT2D eigenvalue weighted by atomic mass is 10.0. The van der Waals surface area contributed by atoms with E-state index in [4.69, 9.17) is 0 Å². The first-order valence-corrected chi connectivity index (χ1v) is 7.19. The average Bonchev–Trinajstić information content (AvgIpc) is 2.67. The Kier molecular flexibility index (Phi) is 3.88. The van der Waals surface area contributed by atoms with Gasteiger partial charge in [0.25, 0.3) is 0 Å². The summed E-state index contributed by atoms with van der Waals surface area (Å²) in [4.78, 5) is 4.40. The van der Waals surface area contributed by atoms with Gasteiger partial charge in [0, 0.05) is 5.25 Å². The highest BCUT2D eigenvalue weighted by Crippen LogP contribution is 2.36. The molecule has 0 aliphatic heterocycles. The fourth-order valence-electron chi connectivity index (χ4n) is 1.86. The quantitative estimate of drug-likeness (QED) is 0.770. The van der Waals surface area contributed by atoms with Crippen molar-refractivity contribution in [2.24, 2.45) is 0 Å². The van der Waals surface area contributed by atoms with Crippen molar-refractivity contribution < 1.29 is 0 Å². The molecular weight excluding hydrogens is 210 g/mol. The molecule has 1 fully saturated rings. The SMILES string of the molecule is CCc1ncc(SC2CCCCC2)s1. The zero-order valence-electron chi connectivity index (χ0n) is 8.66. The van der Waals surface area contributed by atoms with Crippen LogP contribution in [0.15, 0.2) is 10.4 Å². The highest BCUT2D eigenvalue weighted by atomic mass is 32.2. The van der Waals surface area contributed by atoms with Crippen LogP contribution in [0.4, 0.5) is 0 Å². The molecule has 0 unspecified atom stereocenters. The molecule has 0 aromatic carbocycles. The largest absolute Gasteiger partial charge is 0.249 e. The summed E-state index contributed by atoms with van der Waals surface area (Å²) in [6.45, 7) is 2.17. The van der Waals surface area contributed by atoms with Crippen LogP contribution in [-0.2, 0) is 6.42 Å². The first kappa shape index (κ1) is 10.5. The van der Waals surface area contributed by atoms with Gasteiger partial charge < -0.3 is 0 Å². The van der Waals surface area contributed by atoms with Gasteiger partial charge in [-0.3, -0.25) is 0 Å². The summed E-state index contributed by atoms with van der Waals surface area (Å²) in [6.07, 6.45) is 10.3. The molecule has 1 aliphatic carbocycles. The molecule has 0 spiro atoms. The summed E-state index contributed by atoms with van der Waals surface area (Å²) in [6, 6.07) is 0. The Labute approximate surface area is 94.3 Å². The lowest BCUT2D eigenvalue weighted by molar-refractivity contribution is 0.516. The normalized spacial score (nSPS) is 18.6. The molecule has 14 heavy (non-hydrogen) atoms. The second-order valence-electron chi connectivity index (χ2n) is 3.80. The predicted octanol–water partition coefficient (Wildman–Crippen LogP) is 4.13. The molecule has 1 nitrogen and oxygen atoms in total. The van der Waals surface area contributed by atoms with Crippen LogP contribution in [0.25, 0.3) is 0 Å². The van der Waals surface area contributed by atoms with Crippen molar-refractivity contribution in [2.75, 3.05) is 0 Å². The average molecular weight is 227 g/mol. The van der Waals surface area contributed by atoms with Gasteiger partial charge >= 0.3 is 0 Å². The smallest absolute Gasteiger partial charge is 0.0933 e. The number of hydrogen-bond acceptors (Lipinski definition) is 3. The second-order valence-corrected chi connectivity index (χ2v) is 6.52. The Morgan fingerprint density at radius 3 is 2.86 bits per heavy atom. The van der Waals surface area contributed by atoms with Crippen molar-refractivity contribution in [1.29, 1.82) is 0 Å². The molecule has 0 amide bonds. The Bertz CT molecular complexity index is 277. The number of thioether (sulfide) groups is 1. The van der Waals surface area contributed by atoms with Gasteiger partial charge in [0.15, 0.2) is 0 Å². The maximum atomic E-state index is 4.40. The molecule has 0 bridgehead atoms. The number of nitrogens with zero attached hydrogens (tertiary/aromatic N) is 1. The maximum absolute atomic E-state index is 4.40. The number of aryl methyl sites for hydroxylation is 1. The summed E-state index contributed by atoms with van der Waals surface area (Å²) >= 11 is 3.94. The minimum atomic E-state index is 0.869. The van der Waals surface area contributed by atoms with Gasteiger partial charge in [-0.25, -0.2) is 4.98 Å². The summed E-state index contributed by atoms with van der Waals surface area (Å²) < 4.78 is 1.42. The molecule has 2 rings (SSSR count). The Morgan fingerprint density at radius 1 is 1.43 bits per heavy atom. The van der Waals surface area contributed by atoms with Crippen molar-refractivity contribution in [1.82, 2.24) is 4.98 Å². The van der Waals surface area contributed by atoms with Gasteiger partial charge in [-0.15, -0.1) is 23.1 Å². The van der Waals surface area contributed by atoms with E-state index in [9.17, 15) is 0 Å². The number of thiazole rings is 1. The summed E-state index contributed by atoms with van der Waals surface area (Å²) in [5.74, 6) is 0. The lowest BCUT2D eigenvalue weighted by Crippen LogP contribution is -2.06. The van der Waals surface area contributed by atoms with Crippen LogP contribution in [0.2, 0.25) is 0 Å². The Hall–Kier alpha value is -0.0200. The topological polar surface area (TPSA) is 12.9 Å². The molecular formula is C11H17NS2. The highest BCUT2D eigenvalue weighted by Gasteiger charge is 2.15. The molecule has 1 aromatic rings. The lowest BCUT2D eigenvalue weighted by Gasteiger charge is -2.19. The molecule has 0 saturated heterocycles. The van der Waals surface area contributed by atoms with E-state index in [2.05, 4.69) is 29.9 Å². The first-order chi connectivity index (χ1) is 6.88. The van der Waals surface area contributed by atoms with Crippen LogP contribution in [-0.4, -0.2) is 10.2 Å². The molecule has 0 N–H and O–H groups in total. The molecule has 1 aliphatic rings. The predicted molar refractivity (Wildman–Crippen MR) is 64.2 cm³/mol. The molecule has 1 aromatic heterocycles. The van der Waals surface area contributed by atoms with Gasteiger partial charge in [0.05, 0.1) is 15.4 Å². The van der Waals surface area contributed by atoms with E-state index in [0.29, 0.717) is 0 Å². The summed E-state index contributed by atoms with van der Waals surface area (Å²) in [5.41, 5.74) is 0. The first-order valence-electron chi connectivity index (χ1n) is 5.50. The fraction of sp³-hybridized carbons (Fsp3) is 0.727. The third-order valence-electron chi connectivity index (χ3n) is 2.67. The number of aromatic nitrogens is 1. The van der Waals surface area contributed by atoms with E-state index >= 15 is 0 Å². The van der Waals surface area contributed by atoms with Crippen molar-refractivity contribution in [3.63, 3.8) is 0 Å². The number of rotatable bonds is 3. The van der Waals surface area contributed by atoms with Crippen LogP contribution < -0.4 is 0 Å². The summed E-state index contributed by atoms with van der Waals surface area (Å²) in [7, 11) is 0.